The van der Waals surface area contributed by atoms with Crippen LogP contribution in [0, 0.1) is 5.92 Å². The molecule has 0 radical (unpaired) electrons. The number of carbonyl (C=O) groups is 4. The number of hydrogen-bond donors (Lipinski definition) is 3. The highest BCUT2D eigenvalue weighted by atomic mass is 31.2. The van der Waals surface area contributed by atoms with Crippen LogP contribution in [0.2, 0.25) is 0 Å². The SMILES string of the molecule is CCCCCCCCCCCCCCCCCCCCC(=O)O[C@H](COC(=O)CCCCCCCCCCCCCCCC(C)C)COP(=O)(O)OC[C@@H](O)COP(=O)(O)OC[C@@H](COC(=O)CCCCCCCCCCCCCC)OC(=O)CCCCCCCCCCCCCCCCCC. The molecule has 0 heterocycles. The van der Waals surface area contributed by atoms with Gasteiger partial charge in [-0.05, 0) is 31.6 Å². The quantitative estimate of drug-likeness (QED) is 0.0222. The lowest BCUT2D eigenvalue weighted by Crippen LogP contribution is -2.30. The zero-order valence-electron chi connectivity index (χ0n) is 66.8. The van der Waals surface area contributed by atoms with Gasteiger partial charge >= 0.3 is 39.5 Å². The van der Waals surface area contributed by atoms with Gasteiger partial charge < -0.3 is 33.8 Å². The van der Waals surface area contributed by atoms with Gasteiger partial charge in [0, 0.05) is 25.7 Å². The summed E-state index contributed by atoms with van der Waals surface area (Å²) in [6, 6.07) is 0. The monoisotopic (exact) mass is 1490 g/mol. The minimum atomic E-state index is -4.96. The number of phosphoric ester groups is 2. The van der Waals surface area contributed by atoms with E-state index < -0.39 is 97.5 Å². The number of carbonyl (C=O) groups excluding carboxylic acids is 4. The number of esters is 4. The van der Waals surface area contributed by atoms with Crippen molar-refractivity contribution in [2.45, 2.75) is 464 Å². The second-order valence-electron chi connectivity index (χ2n) is 30.3. The maximum atomic E-state index is 13.1. The number of ether oxygens (including phenoxy) is 4. The summed E-state index contributed by atoms with van der Waals surface area (Å²) < 4.78 is 68.8. The van der Waals surface area contributed by atoms with Crippen molar-refractivity contribution in [2.24, 2.45) is 5.92 Å². The molecule has 0 aromatic heterocycles. The topological polar surface area (TPSA) is 237 Å². The summed E-state index contributed by atoms with van der Waals surface area (Å²) in [6.45, 7) is 7.37. The Morgan fingerprint density at radius 3 is 0.667 bits per heavy atom. The zero-order valence-corrected chi connectivity index (χ0v) is 68.5. The van der Waals surface area contributed by atoms with Crippen LogP contribution in [0.1, 0.15) is 446 Å². The minimum Gasteiger partial charge on any atom is -0.462 e. The highest BCUT2D eigenvalue weighted by molar-refractivity contribution is 7.47. The van der Waals surface area contributed by atoms with Crippen molar-refractivity contribution < 1.29 is 80.2 Å². The largest absolute Gasteiger partial charge is 0.472 e. The molecule has 0 aliphatic carbocycles. The van der Waals surface area contributed by atoms with Gasteiger partial charge in [-0.3, -0.25) is 37.3 Å². The van der Waals surface area contributed by atoms with Crippen molar-refractivity contribution in [3.63, 3.8) is 0 Å². The number of unbranched alkanes of at least 4 members (excludes halogenated alkanes) is 55. The molecular weight excluding hydrogens is 1330 g/mol. The zero-order chi connectivity index (χ0) is 74.8. The molecule has 0 aromatic rings. The average molecular weight is 1490 g/mol. The summed E-state index contributed by atoms with van der Waals surface area (Å²) in [5, 5.41) is 10.7. The van der Waals surface area contributed by atoms with E-state index in [0.29, 0.717) is 25.7 Å². The fraction of sp³-hybridized carbons (Fsp3) is 0.952. The van der Waals surface area contributed by atoms with Crippen LogP contribution in [-0.4, -0.2) is 96.7 Å². The standard InChI is InChI=1S/C83H162O17P2/c1-6-9-12-15-18-21-24-27-29-31-32-34-38-44-49-54-59-64-69-83(88)100-79(73-94-81(86)67-62-57-52-47-42-39-35-36-40-45-50-55-60-65-76(4)5)75-98-102(91,92)96-71-77(84)70-95-101(89,90)97-74-78(72-93-80(85)66-61-56-51-46-41-26-23-20-17-14-11-8-3)99-82(87)68-63-58-53-48-43-37-33-30-28-25-22-19-16-13-10-7-2/h76-79,84H,6-75H2,1-5H3,(H,89,90)(H,91,92)/t77-,78+,79+/m0/s1. The van der Waals surface area contributed by atoms with Crippen LogP contribution in [0.5, 0.6) is 0 Å². The van der Waals surface area contributed by atoms with Gasteiger partial charge in [0.05, 0.1) is 26.4 Å². The van der Waals surface area contributed by atoms with Crippen LogP contribution >= 0.6 is 15.6 Å². The van der Waals surface area contributed by atoms with Crippen LogP contribution in [0.3, 0.4) is 0 Å². The second kappa shape index (κ2) is 75.9. The Balaban J connectivity index is 5.26. The summed E-state index contributed by atoms with van der Waals surface area (Å²) in [5.74, 6) is -1.31. The molecule has 2 unspecified atom stereocenters. The van der Waals surface area contributed by atoms with Gasteiger partial charge in [0.1, 0.15) is 19.3 Å². The molecule has 19 heteroatoms. The molecule has 0 aliphatic rings. The molecule has 0 fully saturated rings. The van der Waals surface area contributed by atoms with Crippen LogP contribution in [0.4, 0.5) is 0 Å². The predicted molar refractivity (Wildman–Crippen MR) is 418 cm³/mol. The van der Waals surface area contributed by atoms with Crippen molar-refractivity contribution in [1.29, 1.82) is 0 Å². The van der Waals surface area contributed by atoms with E-state index in [4.69, 9.17) is 37.0 Å². The Morgan fingerprint density at radius 1 is 0.265 bits per heavy atom. The smallest absolute Gasteiger partial charge is 0.462 e. The number of aliphatic hydroxyl groups excluding tert-OH is 1. The van der Waals surface area contributed by atoms with Gasteiger partial charge in [-0.25, -0.2) is 9.13 Å². The third-order valence-electron chi connectivity index (χ3n) is 19.5. The lowest BCUT2D eigenvalue weighted by molar-refractivity contribution is -0.161. The van der Waals surface area contributed by atoms with E-state index in [1.54, 1.807) is 0 Å². The molecule has 0 spiro atoms. The van der Waals surface area contributed by atoms with Gasteiger partial charge in [-0.15, -0.1) is 0 Å². The van der Waals surface area contributed by atoms with Gasteiger partial charge in [-0.1, -0.05) is 394 Å². The number of aliphatic hydroxyl groups is 1. The first-order chi connectivity index (χ1) is 49.5. The van der Waals surface area contributed by atoms with Gasteiger partial charge in [0.15, 0.2) is 12.2 Å². The van der Waals surface area contributed by atoms with E-state index in [-0.39, 0.29) is 25.7 Å². The molecular formula is C83H162O17P2. The normalized spacial score (nSPS) is 13.8. The lowest BCUT2D eigenvalue weighted by Gasteiger charge is -2.21. The summed E-state index contributed by atoms with van der Waals surface area (Å²) in [5.41, 5.74) is 0. The molecule has 0 aliphatic heterocycles. The number of phosphoric acid groups is 2. The molecule has 0 saturated heterocycles. The maximum absolute atomic E-state index is 13.1. The first kappa shape index (κ1) is 100. The van der Waals surface area contributed by atoms with E-state index in [2.05, 4.69) is 34.6 Å². The van der Waals surface area contributed by atoms with Crippen molar-refractivity contribution in [2.75, 3.05) is 39.6 Å². The predicted octanol–water partition coefficient (Wildman–Crippen LogP) is 25.2. The summed E-state index contributed by atoms with van der Waals surface area (Å²) >= 11 is 0. The van der Waals surface area contributed by atoms with Crippen molar-refractivity contribution in [1.82, 2.24) is 0 Å². The third-order valence-corrected chi connectivity index (χ3v) is 21.4. The molecule has 0 aromatic carbocycles. The Hall–Kier alpha value is -1.94. The fourth-order valence-electron chi connectivity index (χ4n) is 12.9. The summed E-state index contributed by atoms with van der Waals surface area (Å²) in [4.78, 5) is 73.2. The molecule has 0 amide bonds. The molecule has 3 N–H and O–H groups in total. The van der Waals surface area contributed by atoms with Crippen molar-refractivity contribution in [3.8, 4) is 0 Å². The third kappa shape index (κ3) is 76.3. The van der Waals surface area contributed by atoms with Gasteiger partial charge in [-0.2, -0.15) is 0 Å². The summed E-state index contributed by atoms with van der Waals surface area (Å²) in [6.07, 6.45) is 67.8. The number of hydrogen-bond acceptors (Lipinski definition) is 15. The van der Waals surface area contributed by atoms with Crippen LogP contribution < -0.4 is 0 Å². The molecule has 0 bridgehead atoms. The first-order valence-electron chi connectivity index (χ1n) is 43.1. The molecule has 0 saturated carbocycles. The fourth-order valence-corrected chi connectivity index (χ4v) is 14.5. The Bertz CT molecular complexity index is 1940. The molecule has 102 heavy (non-hydrogen) atoms. The molecule has 0 rings (SSSR count). The first-order valence-corrected chi connectivity index (χ1v) is 46.1. The van der Waals surface area contributed by atoms with Gasteiger partial charge in [0.2, 0.25) is 0 Å². The number of rotatable bonds is 83. The van der Waals surface area contributed by atoms with E-state index >= 15 is 0 Å². The lowest BCUT2D eigenvalue weighted by atomic mass is 10.0. The summed E-state index contributed by atoms with van der Waals surface area (Å²) in [7, 11) is -9.92. The van der Waals surface area contributed by atoms with E-state index in [0.717, 1.165) is 95.8 Å². The van der Waals surface area contributed by atoms with E-state index in [1.807, 2.05) is 0 Å². The van der Waals surface area contributed by atoms with E-state index in [1.165, 1.54) is 270 Å². The Kier molecular flexibility index (Phi) is 74.4. The van der Waals surface area contributed by atoms with E-state index in [9.17, 15) is 43.2 Å². The van der Waals surface area contributed by atoms with Crippen molar-refractivity contribution >= 4 is 39.5 Å². The highest BCUT2D eigenvalue weighted by Gasteiger charge is 2.30. The molecule has 5 atom stereocenters. The second-order valence-corrected chi connectivity index (χ2v) is 33.3. The molecule has 606 valence electrons. The average Bonchev–Trinajstić information content (AvgIpc) is 0.909. The van der Waals surface area contributed by atoms with Crippen LogP contribution in [0.25, 0.3) is 0 Å². The van der Waals surface area contributed by atoms with Crippen LogP contribution in [-0.2, 0) is 65.4 Å². The highest BCUT2D eigenvalue weighted by Crippen LogP contribution is 2.45. The maximum Gasteiger partial charge on any atom is 0.472 e. The van der Waals surface area contributed by atoms with Crippen LogP contribution in [0.15, 0.2) is 0 Å². The van der Waals surface area contributed by atoms with Crippen molar-refractivity contribution in [3.05, 3.63) is 0 Å². The Labute approximate surface area is 626 Å². The Morgan fingerprint density at radius 2 is 0.451 bits per heavy atom. The molecule has 17 nitrogen and oxygen atoms in total. The minimum absolute atomic E-state index is 0.109. The van der Waals surface area contributed by atoms with Gasteiger partial charge in [0.25, 0.3) is 0 Å².